The topological polar surface area (TPSA) is 80.6 Å². The van der Waals surface area contributed by atoms with Crippen molar-refractivity contribution in [2.24, 2.45) is 0 Å². The summed E-state index contributed by atoms with van der Waals surface area (Å²) in [5.41, 5.74) is 0. The van der Waals surface area contributed by atoms with Crippen molar-refractivity contribution in [1.82, 2.24) is 0 Å². The molecule has 0 unspecified atom stereocenters. The molecule has 12 heavy (non-hydrogen) atoms. The van der Waals surface area contributed by atoms with Gasteiger partial charge in [0.2, 0.25) is 0 Å². The molecule has 0 aromatic heterocycles. The van der Waals surface area contributed by atoms with Crippen LogP contribution in [0.15, 0.2) is 0 Å². The van der Waals surface area contributed by atoms with Crippen LogP contribution in [-0.4, -0.2) is 32.5 Å². The summed E-state index contributed by atoms with van der Waals surface area (Å²) >= 11 is -0.789. The molecule has 0 radical (unpaired) electrons. The van der Waals surface area contributed by atoms with Crippen LogP contribution in [0.25, 0.3) is 0 Å². The van der Waals surface area contributed by atoms with E-state index in [1.54, 1.807) is 11.9 Å². The van der Waals surface area contributed by atoms with E-state index in [4.69, 9.17) is 19.2 Å². The van der Waals surface area contributed by atoms with Crippen molar-refractivity contribution in [3.05, 3.63) is 0 Å². The number of phosphoric acid groups is 1. The van der Waals surface area contributed by atoms with Crippen molar-refractivity contribution in [2.75, 3.05) is 0 Å². The molecule has 74 valence electrons. The Morgan fingerprint density at radius 2 is 1.33 bits per heavy atom. The summed E-state index contributed by atoms with van der Waals surface area (Å²) in [6.45, 7) is 7.07. The van der Waals surface area contributed by atoms with Crippen LogP contribution in [0, 0.1) is 0 Å². The predicted octanol–water partition coefficient (Wildman–Crippen LogP) is 0.980. The molecule has 0 atom stereocenters. The van der Waals surface area contributed by atoms with Crippen molar-refractivity contribution < 1.29 is 19.2 Å². The average Bonchev–Trinajstić information content (AvgIpc) is 1.88. The molecule has 0 aromatic carbocycles. The van der Waals surface area contributed by atoms with Crippen LogP contribution < -0.4 is 4.89 Å². The fourth-order valence-corrected chi connectivity index (χ4v) is 6.58. The Hall–Kier alpha value is 1.03. The maximum atomic E-state index is 8.77. The molecule has 6 heteroatoms. The van der Waals surface area contributed by atoms with Crippen molar-refractivity contribution >= 4 is 30.5 Å². The maximum Gasteiger partial charge on any atom is 0.262 e. The van der Waals surface area contributed by atoms with E-state index >= 15 is 0 Å². The Morgan fingerprint density at radius 1 is 1.17 bits per heavy atom. The first-order chi connectivity index (χ1) is 5.35. The molecule has 4 nitrogen and oxygen atoms in total. The second kappa shape index (κ2) is 8.62. The first-order valence-corrected chi connectivity index (χ1v) is 13.7. The van der Waals surface area contributed by atoms with Crippen LogP contribution in [0.3, 0.4) is 0 Å². The third-order valence-corrected chi connectivity index (χ3v) is 13.2. The minimum Gasteiger partial charge on any atom is -0.756 e. The fraction of sp³-hybridized carbons (Fsp3) is 1.00. The van der Waals surface area contributed by atoms with Crippen LogP contribution in [0.2, 0.25) is 11.9 Å². The van der Waals surface area contributed by atoms with Crippen molar-refractivity contribution in [1.29, 1.82) is 0 Å². The smallest absolute Gasteiger partial charge is 0.262 e. The van der Waals surface area contributed by atoms with Crippen molar-refractivity contribution in [2.45, 2.75) is 32.7 Å². The first-order valence-electron chi connectivity index (χ1n) is 3.95. The quantitative estimate of drug-likeness (QED) is 0.555. The van der Waals surface area contributed by atoms with E-state index in [9.17, 15) is 0 Å². The van der Waals surface area contributed by atoms with Gasteiger partial charge in [-0.15, -0.1) is 0 Å². The molecule has 0 spiro atoms. The summed E-state index contributed by atoms with van der Waals surface area (Å²) in [6, 6.07) is 0. The molecule has 0 aliphatic carbocycles. The Bertz CT molecular complexity index is 118. The second-order valence-corrected chi connectivity index (χ2v) is 17.4. The summed E-state index contributed by atoms with van der Waals surface area (Å²) in [5.74, 6) is 0. The molecule has 0 amide bonds. The van der Waals surface area contributed by atoms with Crippen molar-refractivity contribution in [3.8, 4) is 0 Å². The fourth-order valence-electron chi connectivity index (χ4n) is 0.750. The number of hydrogen-bond donors (Lipinski definition) is 2. The standard InChI is InChI=1S/3C2H5.H3O4P.Pb/c3*1-2;1-5(2,3)4;/h3*1H2,2H3;(H3,1,2,3,4);/q;;;;+1/p-1. The number of rotatable bonds is 3. The molecule has 0 aliphatic rings. The third-order valence-electron chi connectivity index (χ3n) is 1.50. The zero-order valence-corrected chi connectivity index (χ0v) is 12.6. The van der Waals surface area contributed by atoms with Crippen LogP contribution in [0.4, 0.5) is 0 Å². The largest absolute Gasteiger partial charge is 0.756 e. The van der Waals surface area contributed by atoms with Gasteiger partial charge in [0.05, 0.1) is 0 Å². The molecule has 0 saturated carbocycles. The van der Waals surface area contributed by atoms with Gasteiger partial charge in [-0.3, -0.25) is 4.57 Å². The van der Waals surface area contributed by atoms with Gasteiger partial charge in [0.15, 0.2) is 0 Å². The summed E-state index contributed by atoms with van der Waals surface area (Å²) in [6.07, 6.45) is 0. The number of hydrogen-bond acceptors (Lipinski definition) is 2. The Labute approximate surface area is 82.4 Å². The zero-order valence-electron chi connectivity index (χ0n) is 7.78. The van der Waals surface area contributed by atoms with Gasteiger partial charge in [0, 0.05) is 0 Å². The van der Waals surface area contributed by atoms with E-state index < -0.39 is 30.5 Å². The van der Waals surface area contributed by atoms with Crippen LogP contribution in [0.1, 0.15) is 20.8 Å². The molecule has 0 heterocycles. The molecule has 0 fully saturated rings. The van der Waals surface area contributed by atoms with Gasteiger partial charge in [-0.05, 0) is 0 Å². The van der Waals surface area contributed by atoms with Crippen LogP contribution in [-0.2, 0) is 4.57 Å². The summed E-state index contributed by atoms with van der Waals surface area (Å²) < 4.78 is 13.5. The van der Waals surface area contributed by atoms with E-state index in [2.05, 4.69) is 20.8 Å². The zero-order chi connectivity index (χ0) is 10.2. The van der Waals surface area contributed by atoms with E-state index in [1.165, 1.54) is 0 Å². The van der Waals surface area contributed by atoms with Gasteiger partial charge in [0.1, 0.15) is 0 Å². The maximum absolute atomic E-state index is 8.77. The van der Waals surface area contributed by atoms with Gasteiger partial charge in [-0.2, -0.15) is 0 Å². The monoisotopic (exact) mass is 392 g/mol. The molecule has 0 aliphatic heterocycles. The molecular formula is C6H17O4PPb. The van der Waals surface area contributed by atoms with E-state index in [-0.39, 0.29) is 0 Å². The third kappa shape index (κ3) is 22.5. The SMILES string of the molecule is C[CH2][Pb+]([CH2]C)[CH2]C.O=P([O-])(O)O. The summed E-state index contributed by atoms with van der Waals surface area (Å²) in [7, 11) is -4.89. The second-order valence-electron chi connectivity index (χ2n) is 2.30. The molecule has 0 saturated heterocycles. The van der Waals surface area contributed by atoms with Crippen molar-refractivity contribution in [3.63, 3.8) is 0 Å². The molecule has 0 bridgehead atoms. The summed E-state index contributed by atoms with van der Waals surface area (Å²) in [5, 5.41) is 0. The minimum absolute atomic E-state index is 0.789. The molecule has 0 aromatic rings. The Morgan fingerprint density at radius 3 is 1.33 bits per heavy atom. The normalized spacial score (nSPS) is 10.2. The van der Waals surface area contributed by atoms with Gasteiger partial charge >= 0.3 is 55.4 Å². The van der Waals surface area contributed by atoms with Gasteiger partial charge in [-0.1, -0.05) is 0 Å². The van der Waals surface area contributed by atoms with Gasteiger partial charge in [-0.25, -0.2) is 0 Å². The van der Waals surface area contributed by atoms with Crippen LogP contribution >= 0.6 is 7.82 Å². The Kier molecular flexibility index (Phi) is 11.1. The minimum atomic E-state index is -4.89. The van der Waals surface area contributed by atoms with E-state index in [0.29, 0.717) is 0 Å². The molecular weight excluding hydrogens is 374 g/mol. The van der Waals surface area contributed by atoms with E-state index in [0.717, 1.165) is 0 Å². The van der Waals surface area contributed by atoms with Gasteiger partial charge < -0.3 is 14.7 Å². The van der Waals surface area contributed by atoms with E-state index in [1.807, 2.05) is 0 Å². The van der Waals surface area contributed by atoms with Crippen LogP contribution in [0.5, 0.6) is 0 Å². The summed E-state index contributed by atoms with van der Waals surface area (Å²) in [4.78, 5) is 22.9. The van der Waals surface area contributed by atoms with Gasteiger partial charge in [0.25, 0.3) is 7.82 Å². The first kappa shape index (κ1) is 15.5. The Balaban J connectivity index is 0. The average molecular weight is 391 g/mol. The molecule has 2 N–H and O–H groups in total. The predicted molar refractivity (Wildman–Crippen MR) is 49.2 cm³/mol. The molecule has 0 rings (SSSR count).